The molecule has 8 heteroatoms. The summed E-state index contributed by atoms with van der Waals surface area (Å²) in [5.41, 5.74) is 9.61. The van der Waals surface area contributed by atoms with Gasteiger partial charge in [-0.05, 0) is 49.8 Å². The molecular formula is C22H19N5O2S. The van der Waals surface area contributed by atoms with E-state index in [4.69, 9.17) is 5.73 Å². The first kappa shape index (κ1) is 19.9. The molecule has 7 nitrogen and oxygen atoms in total. The van der Waals surface area contributed by atoms with Gasteiger partial charge >= 0.3 is 0 Å². The lowest BCUT2D eigenvalue weighted by atomic mass is 10.0. The largest absolute Gasteiger partial charge is 0.383 e. The summed E-state index contributed by atoms with van der Waals surface area (Å²) < 4.78 is 0. The zero-order chi connectivity index (χ0) is 21.6. The van der Waals surface area contributed by atoms with Crippen LogP contribution in [0, 0.1) is 36.5 Å². The van der Waals surface area contributed by atoms with Crippen molar-refractivity contribution in [3.8, 4) is 12.1 Å². The second-order valence-corrected chi connectivity index (χ2v) is 8.82. The van der Waals surface area contributed by atoms with Gasteiger partial charge in [-0.1, -0.05) is 29.5 Å². The van der Waals surface area contributed by atoms with Gasteiger partial charge in [0.15, 0.2) is 0 Å². The number of anilines is 2. The van der Waals surface area contributed by atoms with Gasteiger partial charge in [-0.25, -0.2) is 9.88 Å². The van der Waals surface area contributed by atoms with Gasteiger partial charge in [-0.15, -0.1) is 0 Å². The number of nitrogens with zero attached hydrogens (tertiary/aromatic N) is 4. The lowest BCUT2D eigenvalue weighted by Crippen LogP contribution is -2.31. The highest BCUT2D eigenvalue weighted by molar-refractivity contribution is 8.00. The normalized spacial score (nSPS) is 18.4. The number of hydrogen-bond acceptors (Lipinski definition) is 7. The van der Waals surface area contributed by atoms with E-state index in [0.29, 0.717) is 21.8 Å². The number of rotatable bonds is 4. The quantitative estimate of drug-likeness (QED) is 0.757. The summed E-state index contributed by atoms with van der Waals surface area (Å²) in [6, 6.07) is 9.77. The highest BCUT2D eigenvalue weighted by atomic mass is 32.2. The monoisotopic (exact) mass is 417 g/mol. The van der Waals surface area contributed by atoms with Crippen LogP contribution < -0.4 is 10.6 Å². The van der Waals surface area contributed by atoms with Gasteiger partial charge in [-0.2, -0.15) is 10.5 Å². The van der Waals surface area contributed by atoms with E-state index in [1.54, 1.807) is 6.07 Å². The Bertz CT molecular complexity index is 1170. The van der Waals surface area contributed by atoms with Crippen LogP contribution in [0.1, 0.15) is 53.0 Å². The molecule has 0 bridgehead atoms. The van der Waals surface area contributed by atoms with Crippen molar-refractivity contribution < 1.29 is 9.59 Å². The minimum Gasteiger partial charge on any atom is -0.383 e. The number of nitrogen functional groups attached to an aromatic ring is 1. The summed E-state index contributed by atoms with van der Waals surface area (Å²) in [6.45, 7) is 3.81. The maximum Gasteiger partial charge on any atom is 0.247 e. The molecule has 1 atom stereocenters. The van der Waals surface area contributed by atoms with Crippen molar-refractivity contribution in [2.24, 2.45) is 0 Å². The Morgan fingerprint density at radius 1 is 1.17 bits per heavy atom. The van der Waals surface area contributed by atoms with Crippen molar-refractivity contribution in [3.05, 3.63) is 46.0 Å². The molecule has 2 amide bonds. The van der Waals surface area contributed by atoms with E-state index >= 15 is 0 Å². The van der Waals surface area contributed by atoms with Crippen LogP contribution in [-0.2, 0) is 9.59 Å². The second-order valence-electron chi connectivity index (χ2n) is 7.63. The minimum absolute atomic E-state index is 0.0159. The van der Waals surface area contributed by atoms with Gasteiger partial charge in [0.05, 0.1) is 22.1 Å². The van der Waals surface area contributed by atoms with Crippen LogP contribution in [0.5, 0.6) is 0 Å². The molecule has 1 aromatic heterocycles. The first-order chi connectivity index (χ1) is 14.3. The molecule has 150 valence electrons. The van der Waals surface area contributed by atoms with Gasteiger partial charge in [0, 0.05) is 6.42 Å². The number of nitriles is 2. The molecule has 1 saturated carbocycles. The molecule has 1 aromatic carbocycles. The molecule has 1 aliphatic carbocycles. The van der Waals surface area contributed by atoms with Gasteiger partial charge in [0.2, 0.25) is 11.8 Å². The molecule has 2 N–H and O–H groups in total. The fourth-order valence-corrected chi connectivity index (χ4v) is 4.96. The topological polar surface area (TPSA) is 124 Å². The third-order valence-electron chi connectivity index (χ3n) is 5.39. The molecule has 30 heavy (non-hydrogen) atoms. The van der Waals surface area contributed by atoms with Crippen molar-refractivity contribution in [3.63, 3.8) is 0 Å². The van der Waals surface area contributed by atoms with E-state index < -0.39 is 5.25 Å². The molecule has 1 unspecified atom stereocenters. The van der Waals surface area contributed by atoms with E-state index in [-0.39, 0.29) is 35.5 Å². The molecule has 2 aromatic rings. The Morgan fingerprint density at radius 2 is 1.87 bits per heavy atom. The maximum atomic E-state index is 13.1. The van der Waals surface area contributed by atoms with E-state index in [9.17, 15) is 20.1 Å². The van der Waals surface area contributed by atoms with E-state index in [1.807, 2.05) is 26.0 Å². The molecule has 1 saturated heterocycles. The number of aryl methyl sites for hydroxylation is 2. The fraction of sp³-hybridized carbons (Fsp3) is 0.318. The number of imide groups is 1. The zero-order valence-corrected chi connectivity index (χ0v) is 17.4. The van der Waals surface area contributed by atoms with Crippen molar-refractivity contribution in [1.82, 2.24) is 4.98 Å². The molecular weight excluding hydrogens is 398 g/mol. The van der Waals surface area contributed by atoms with Crippen LogP contribution in [0.4, 0.5) is 11.5 Å². The third-order valence-corrected chi connectivity index (χ3v) is 6.56. The smallest absolute Gasteiger partial charge is 0.247 e. The number of carbonyl (C=O) groups excluding carboxylic acids is 2. The average molecular weight is 417 g/mol. The van der Waals surface area contributed by atoms with Gasteiger partial charge in [-0.3, -0.25) is 9.59 Å². The van der Waals surface area contributed by atoms with Gasteiger partial charge in [0.1, 0.15) is 23.0 Å². The number of amides is 2. The standard InChI is InChI=1S/C22H19N5O2S/c1-11-3-6-16(12(2)7-11)27-18(28)8-17(22(27)29)30-21-15(10-24)19(13-4-5-13)14(9-23)20(25)26-21/h3,6-7,13,17H,4-5,8H2,1-2H3,(H2,25,26). The van der Waals surface area contributed by atoms with Crippen LogP contribution in [0.2, 0.25) is 0 Å². The van der Waals surface area contributed by atoms with Gasteiger partial charge < -0.3 is 5.73 Å². The van der Waals surface area contributed by atoms with Crippen LogP contribution in [-0.4, -0.2) is 22.0 Å². The summed E-state index contributed by atoms with van der Waals surface area (Å²) in [6.07, 6.45) is 1.79. The summed E-state index contributed by atoms with van der Waals surface area (Å²) in [5, 5.41) is 18.8. The Hall–Kier alpha value is -3.36. The first-order valence-electron chi connectivity index (χ1n) is 9.60. The number of carbonyl (C=O) groups is 2. The van der Waals surface area contributed by atoms with Crippen molar-refractivity contribution >= 4 is 35.1 Å². The van der Waals surface area contributed by atoms with Crippen molar-refractivity contribution in [2.45, 2.75) is 49.3 Å². The minimum atomic E-state index is -0.697. The van der Waals surface area contributed by atoms with E-state index in [2.05, 4.69) is 17.1 Å². The van der Waals surface area contributed by atoms with Crippen LogP contribution >= 0.6 is 11.8 Å². The number of thioether (sulfide) groups is 1. The Kier molecular flexibility index (Phi) is 4.97. The van der Waals surface area contributed by atoms with E-state index in [0.717, 1.165) is 35.7 Å². The van der Waals surface area contributed by atoms with Crippen LogP contribution in [0.3, 0.4) is 0 Å². The number of pyridine rings is 1. The molecule has 0 spiro atoms. The van der Waals surface area contributed by atoms with E-state index in [1.165, 1.54) is 4.90 Å². The number of aromatic nitrogens is 1. The summed E-state index contributed by atoms with van der Waals surface area (Å²) in [7, 11) is 0. The highest BCUT2D eigenvalue weighted by Crippen LogP contribution is 2.47. The molecule has 2 aliphatic rings. The SMILES string of the molecule is Cc1ccc(N2C(=O)CC(Sc3nc(N)c(C#N)c(C4CC4)c3C#N)C2=O)c(C)c1. The van der Waals surface area contributed by atoms with Gasteiger partial charge in [0.25, 0.3) is 0 Å². The summed E-state index contributed by atoms with van der Waals surface area (Å²) in [5.74, 6) is -0.444. The molecule has 2 fully saturated rings. The zero-order valence-electron chi connectivity index (χ0n) is 16.6. The first-order valence-corrected chi connectivity index (χ1v) is 10.5. The Morgan fingerprint density at radius 3 is 2.47 bits per heavy atom. The number of nitrogens with two attached hydrogens (primary N) is 1. The third kappa shape index (κ3) is 3.30. The molecule has 0 radical (unpaired) electrons. The predicted molar refractivity (Wildman–Crippen MR) is 113 cm³/mol. The van der Waals surface area contributed by atoms with Crippen molar-refractivity contribution in [2.75, 3.05) is 10.6 Å². The Balaban J connectivity index is 1.69. The lowest BCUT2D eigenvalue weighted by molar-refractivity contribution is -0.121. The molecule has 4 rings (SSSR count). The maximum absolute atomic E-state index is 13.1. The second kappa shape index (κ2) is 7.47. The Labute approximate surface area is 178 Å². The van der Waals surface area contributed by atoms with Crippen molar-refractivity contribution in [1.29, 1.82) is 10.5 Å². The van der Waals surface area contributed by atoms with Crippen LogP contribution in [0.25, 0.3) is 0 Å². The molecule has 1 aliphatic heterocycles. The highest BCUT2D eigenvalue weighted by Gasteiger charge is 2.42. The molecule has 2 heterocycles. The van der Waals surface area contributed by atoms with Crippen LogP contribution in [0.15, 0.2) is 23.2 Å². The predicted octanol–water partition coefficient (Wildman–Crippen LogP) is 3.33. The number of benzene rings is 1. The summed E-state index contributed by atoms with van der Waals surface area (Å²) >= 11 is 1.08. The average Bonchev–Trinajstić information content (AvgIpc) is 3.49. The lowest BCUT2D eigenvalue weighted by Gasteiger charge is -2.18. The summed E-state index contributed by atoms with van der Waals surface area (Å²) in [4.78, 5) is 31.2. The fourth-order valence-electron chi connectivity index (χ4n) is 3.83. The number of hydrogen-bond donors (Lipinski definition) is 1.